The second-order valence-electron chi connectivity index (χ2n) is 6.90. The number of nitrogens with zero attached hydrogens (tertiary/aromatic N) is 1. The van der Waals surface area contributed by atoms with Gasteiger partial charge in [-0.15, -0.1) is 0 Å². The molecule has 2 aromatic carbocycles. The average molecular weight is 389 g/mol. The Morgan fingerprint density at radius 2 is 1.97 bits per heavy atom. The summed E-state index contributed by atoms with van der Waals surface area (Å²) in [4.78, 5) is 17.4. The third-order valence-electron chi connectivity index (χ3n) is 4.88. The fraction of sp³-hybridized carbons (Fsp3) is 0.250. The van der Waals surface area contributed by atoms with Crippen LogP contribution in [-0.2, 0) is 16.0 Å². The molecule has 0 radical (unpaired) electrons. The zero-order chi connectivity index (χ0) is 20.1. The number of fused-ring (bicyclic) bond motifs is 1. The van der Waals surface area contributed by atoms with Crippen molar-refractivity contribution in [1.29, 1.82) is 0 Å². The van der Waals surface area contributed by atoms with Gasteiger partial charge < -0.3 is 14.2 Å². The van der Waals surface area contributed by atoms with Crippen LogP contribution < -0.4 is 9.47 Å². The Morgan fingerprint density at radius 3 is 2.72 bits per heavy atom. The van der Waals surface area contributed by atoms with Crippen molar-refractivity contribution in [2.45, 2.75) is 19.4 Å². The molecule has 0 bridgehead atoms. The number of carbonyl (C=O) groups is 1. The lowest BCUT2D eigenvalue weighted by molar-refractivity contribution is -0.154. The number of benzene rings is 2. The highest BCUT2D eigenvalue weighted by Crippen LogP contribution is 2.33. The summed E-state index contributed by atoms with van der Waals surface area (Å²) >= 11 is 0. The minimum Gasteiger partial charge on any atom is -0.494 e. The number of aromatic nitrogens is 1. The van der Waals surface area contributed by atoms with E-state index in [-0.39, 0.29) is 11.9 Å². The number of carbonyl (C=O) groups excluding carboxylic acids is 1. The van der Waals surface area contributed by atoms with Gasteiger partial charge in [0.15, 0.2) is 6.10 Å². The Labute approximate surface area is 170 Å². The first-order chi connectivity index (χ1) is 14.2. The minimum atomic E-state index is -0.555. The largest absolute Gasteiger partial charge is 0.494 e. The van der Waals surface area contributed by atoms with Crippen LogP contribution in [-0.4, -0.2) is 24.2 Å². The normalized spacial score (nSPS) is 16.2. The van der Waals surface area contributed by atoms with Gasteiger partial charge in [0.2, 0.25) is 0 Å². The topological polar surface area (TPSA) is 57.7 Å². The van der Waals surface area contributed by atoms with E-state index in [0.29, 0.717) is 25.3 Å². The second kappa shape index (κ2) is 8.78. The van der Waals surface area contributed by atoms with Crippen molar-refractivity contribution in [3.05, 3.63) is 89.7 Å². The smallest absolute Gasteiger partial charge is 0.313 e. The van der Waals surface area contributed by atoms with Gasteiger partial charge in [0.1, 0.15) is 18.1 Å². The van der Waals surface area contributed by atoms with E-state index < -0.39 is 6.10 Å². The SMILES string of the molecule is CCOc1ccc2c(c1)CC(C(=O)OC(c1ccccc1)c1ccccn1)CO2. The first-order valence-electron chi connectivity index (χ1n) is 9.79. The van der Waals surface area contributed by atoms with Crippen LogP contribution in [0.5, 0.6) is 11.5 Å². The van der Waals surface area contributed by atoms with E-state index in [1.165, 1.54) is 0 Å². The van der Waals surface area contributed by atoms with Crippen LogP contribution in [0.1, 0.15) is 29.8 Å². The first kappa shape index (κ1) is 19.0. The van der Waals surface area contributed by atoms with Gasteiger partial charge in [0.05, 0.1) is 18.2 Å². The Kier molecular flexibility index (Phi) is 5.75. The lowest BCUT2D eigenvalue weighted by Crippen LogP contribution is -2.31. The molecule has 1 aliphatic heterocycles. The standard InChI is InChI=1S/C24H23NO4/c1-2-27-20-11-12-22-18(15-20)14-19(16-28-22)24(26)29-23(17-8-4-3-5-9-17)21-10-6-7-13-25-21/h3-13,15,19,23H,2,14,16H2,1H3. The molecule has 3 aromatic rings. The molecule has 4 rings (SSSR count). The minimum absolute atomic E-state index is 0.294. The summed E-state index contributed by atoms with van der Waals surface area (Å²) in [6.07, 6.45) is 1.70. The van der Waals surface area contributed by atoms with Crippen LogP contribution in [0.4, 0.5) is 0 Å². The van der Waals surface area contributed by atoms with Crippen molar-refractivity contribution in [3.8, 4) is 11.5 Å². The molecule has 1 aliphatic rings. The van der Waals surface area contributed by atoms with E-state index in [1.54, 1.807) is 6.20 Å². The molecule has 5 nitrogen and oxygen atoms in total. The summed E-state index contributed by atoms with van der Waals surface area (Å²) in [7, 11) is 0. The summed E-state index contributed by atoms with van der Waals surface area (Å²) in [5.41, 5.74) is 2.54. The summed E-state index contributed by atoms with van der Waals surface area (Å²) in [6.45, 7) is 2.83. The zero-order valence-electron chi connectivity index (χ0n) is 16.3. The maximum absolute atomic E-state index is 13.0. The number of rotatable bonds is 6. The van der Waals surface area contributed by atoms with Crippen molar-refractivity contribution in [3.63, 3.8) is 0 Å². The van der Waals surface area contributed by atoms with E-state index >= 15 is 0 Å². The molecule has 0 aliphatic carbocycles. The summed E-state index contributed by atoms with van der Waals surface area (Å²) in [5.74, 6) is 0.896. The Morgan fingerprint density at radius 1 is 1.14 bits per heavy atom. The Balaban J connectivity index is 1.53. The van der Waals surface area contributed by atoms with Crippen molar-refractivity contribution in [2.24, 2.45) is 5.92 Å². The maximum Gasteiger partial charge on any atom is 0.313 e. The molecule has 2 unspecified atom stereocenters. The second-order valence-corrected chi connectivity index (χ2v) is 6.90. The van der Waals surface area contributed by atoms with Crippen molar-refractivity contribution >= 4 is 5.97 Å². The van der Waals surface area contributed by atoms with E-state index in [4.69, 9.17) is 14.2 Å². The van der Waals surface area contributed by atoms with Crippen LogP contribution in [0.25, 0.3) is 0 Å². The van der Waals surface area contributed by atoms with E-state index in [2.05, 4.69) is 4.98 Å². The fourth-order valence-electron chi connectivity index (χ4n) is 3.45. The molecule has 5 heteroatoms. The highest BCUT2D eigenvalue weighted by atomic mass is 16.5. The molecule has 0 amide bonds. The van der Waals surface area contributed by atoms with E-state index in [1.807, 2.05) is 73.7 Å². The summed E-state index contributed by atoms with van der Waals surface area (Å²) in [5, 5.41) is 0. The fourth-order valence-corrected chi connectivity index (χ4v) is 3.45. The average Bonchev–Trinajstić information content (AvgIpc) is 2.78. The van der Waals surface area contributed by atoms with E-state index in [0.717, 1.165) is 22.6 Å². The van der Waals surface area contributed by atoms with Gasteiger partial charge in [0, 0.05) is 6.20 Å². The van der Waals surface area contributed by atoms with Crippen LogP contribution in [0, 0.1) is 5.92 Å². The highest BCUT2D eigenvalue weighted by molar-refractivity contribution is 5.74. The molecule has 29 heavy (non-hydrogen) atoms. The quantitative estimate of drug-likeness (QED) is 0.586. The maximum atomic E-state index is 13.0. The molecule has 0 N–H and O–H groups in total. The molecular formula is C24H23NO4. The third-order valence-corrected chi connectivity index (χ3v) is 4.88. The van der Waals surface area contributed by atoms with Gasteiger partial charge in [-0.2, -0.15) is 0 Å². The Bertz CT molecular complexity index is 920. The summed E-state index contributed by atoms with van der Waals surface area (Å²) < 4.78 is 17.3. The highest BCUT2D eigenvalue weighted by Gasteiger charge is 2.30. The monoisotopic (exact) mass is 389 g/mol. The van der Waals surface area contributed by atoms with Gasteiger partial charge >= 0.3 is 5.97 Å². The summed E-state index contributed by atoms with van der Waals surface area (Å²) in [6, 6.07) is 21.0. The molecule has 2 heterocycles. The predicted molar refractivity (Wildman–Crippen MR) is 109 cm³/mol. The van der Waals surface area contributed by atoms with Crippen LogP contribution in [0.15, 0.2) is 72.9 Å². The van der Waals surface area contributed by atoms with Crippen LogP contribution >= 0.6 is 0 Å². The Hall–Kier alpha value is -3.34. The molecule has 0 spiro atoms. The third kappa shape index (κ3) is 4.40. The number of ether oxygens (including phenoxy) is 3. The number of hydrogen-bond acceptors (Lipinski definition) is 5. The molecule has 0 saturated heterocycles. The van der Waals surface area contributed by atoms with Crippen molar-refractivity contribution in [2.75, 3.05) is 13.2 Å². The molecule has 0 saturated carbocycles. The molecule has 0 fully saturated rings. The lowest BCUT2D eigenvalue weighted by atomic mass is 9.96. The number of hydrogen-bond donors (Lipinski definition) is 0. The zero-order valence-corrected chi connectivity index (χ0v) is 16.3. The van der Waals surface area contributed by atoms with Crippen molar-refractivity contribution < 1.29 is 19.0 Å². The van der Waals surface area contributed by atoms with Gasteiger partial charge in [-0.3, -0.25) is 9.78 Å². The molecular weight excluding hydrogens is 366 g/mol. The number of esters is 1. The van der Waals surface area contributed by atoms with Gasteiger partial charge in [-0.05, 0) is 54.8 Å². The molecule has 2 atom stereocenters. The number of pyridine rings is 1. The first-order valence-corrected chi connectivity index (χ1v) is 9.79. The predicted octanol–water partition coefficient (Wildman–Crippen LogP) is 4.36. The van der Waals surface area contributed by atoms with Crippen molar-refractivity contribution in [1.82, 2.24) is 4.98 Å². The van der Waals surface area contributed by atoms with Gasteiger partial charge in [-0.1, -0.05) is 36.4 Å². The van der Waals surface area contributed by atoms with E-state index in [9.17, 15) is 4.79 Å². The lowest BCUT2D eigenvalue weighted by Gasteiger charge is -2.26. The molecule has 148 valence electrons. The van der Waals surface area contributed by atoms with Gasteiger partial charge in [-0.25, -0.2) is 0 Å². The molecule has 1 aromatic heterocycles. The van der Waals surface area contributed by atoms with Crippen LogP contribution in [0.3, 0.4) is 0 Å². The van der Waals surface area contributed by atoms with Gasteiger partial charge in [0.25, 0.3) is 0 Å². The van der Waals surface area contributed by atoms with Crippen LogP contribution in [0.2, 0.25) is 0 Å².